The summed E-state index contributed by atoms with van der Waals surface area (Å²) in [4.78, 5) is 10.4. The Morgan fingerprint density at radius 2 is 2.00 bits per heavy atom. The third kappa shape index (κ3) is 2.72. The van der Waals surface area contributed by atoms with Gasteiger partial charge in [-0.1, -0.05) is 17.7 Å². The summed E-state index contributed by atoms with van der Waals surface area (Å²) in [5.74, 6) is -1.43. The summed E-state index contributed by atoms with van der Waals surface area (Å²) >= 11 is 5.68. The van der Waals surface area contributed by atoms with Gasteiger partial charge in [0.05, 0.1) is 9.92 Å². The predicted octanol–water partition coefficient (Wildman–Crippen LogP) is 0.862. The molecule has 0 aliphatic heterocycles. The van der Waals surface area contributed by atoms with E-state index in [0.717, 1.165) is 12.3 Å². The molecule has 0 saturated carbocycles. The Morgan fingerprint density at radius 3 is 2.38 bits per heavy atom. The predicted molar refractivity (Wildman–Crippen MR) is 57.2 cm³/mol. The highest BCUT2D eigenvalue weighted by Gasteiger charge is 2.19. The van der Waals surface area contributed by atoms with Gasteiger partial charge >= 0.3 is 5.97 Å². The number of sulfone groups is 1. The minimum atomic E-state index is -3.46. The normalized spacial score (nSPS) is 13.4. The summed E-state index contributed by atoms with van der Waals surface area (Å²) in [5.41, 5.74) is 0.0323. The van der Waals surface area contributed by atoms with E-state index < -0.39 is 21.9 Å². The molecule has 2 N–H and O–H groups in total. The summed E-state index contributed by atoms with van der Waals surface area (Å²) in [5, 5.41) is 17.6. The molecule has 88 valence electrons. The van der Waals surface area contributed by atoms with Gasteiger partial charge < -0.3 is 10.2 Å². The molecule has 5 nitrogen and oxygen atoms in total. The summed E-state index contributed by atoms with van der Waals surface area (Å²) in [6.07, 6.45) is -0.729. The standard InChI is InChI=1S/C9H9ClO5S/c1-16(14,15)7-3-2-5(4-6(7)10)8(11)9(12)13/h2-4,8,11H,1H3,(H,12,13). The first-order valence-electron chi connectivity index (χ1n) is 4.14. The van der Waals surface area contributed by atoms with E-state index in [4.69, 9.17) is 16.7 Å². The van der Waals surface area contributed by atoms with Crippen LogP contribution in [-0.4, -0.2) is 30.9 Å². The number of carbonyl (C=O) groups is 1. The van der Waals surface area contributed by atoms with Gasteiger partial charge in [-0.15, -0.1) is 0 Å². The molecule has 1 aromatic rings. The fourth-order valence-electron chi connectivity index (χ4n) is 1.13. The smallest absolute Gasteiger partial charge is 0.337 e. The fraction of sp³-hybridized carbons (Fsp3) is 0.222. The number of carboxylic acids is 1. The number of hydrogen-bond donors (Lipinski definition) is 2. The first-order chi connectivity index (χ1) is 7.23. The number of halogens is 1. The van der Waals surface area contributed by atoms with Gasteiger partial charge in [0, 0.05) is 6.26 Å². The van der Waals surface area contributed by atoms with E-state index in [1.165, 1.54) is 12.1 Å². The van der Waals surface area contributed by atoms with E-state index in [1.54, 1.807) is 0 Å². The highest BCUT2D eigenvalue weighted by molar-refractivity contribution is 7.90. The van der Waals surface area contributed by atoms with Gasteiger partial charge in [0.25, 0.3) is 0 Å². The molecule has 0 aromatic heterocycles. The zero-order valence-electron chi connectivity index (χ0n) is 8.21. The number of rotatable bonds is 3. The van der Waals surface area contributed by atoms with Crippen LogP contribution in [0.5, 0.6) is 0 Å². The number of hydrogen-bond acceptors (Lipinski definition) is 4. The Bertz CT molecular complexity index is 523. The lowest BCUT2D eigenvalue weighted by Gasteiger charge is -2.08. The number of aliphatic hydroxyl groups excluding tert-OH is 1. The third-order valence-corrected chi connectivity index (χ3v) is 3.48. The molecule has 0 aliphatic rings. The first-order valence-corrected chi connectivity index (χ1v) is 6.41. The van der Waals surface area contributed by atoms with E-state index in [0.29, 0.717) is 0 Å². The van der Waals surface area contributed by atoms with Crippen LogP contribution in [0.15, 0.2) is 23.1 Å². The molecule has 0 bridgehead atoms. The van der Waals surface area contributed by atoms with Crippen molar-refractivity contribution >= 4 is 27.4 Å². The van der Waals surface area contributed by atoms with E-state index in [2.05, 4.69) is 0 Å². The largest absolute Gasteiger partial charge is 0.479 e. The van der Waals surface area contributed by atoms with Crippen LogP contribution in [0.25, 0.3) is 0 Å². The minimum Gasteiger partial charge on any atom is -0.479 e. The molecule has 1 aromatic carbocycles. The minimum absolute atomic E-state index is 0.0323. The van der Waals surface area contributed by atoms with Crippen molar-refractivity contribution < 1.29 is 23.4 Å². The quantitative estimate of drug-likeness (QED) is 0.845. The maximum atomic E-state index is 11.2. The summed E-state index contributed by atoms with van der Waals surface area (Å²) in [7, 11) is -3.46. The van der Waals surface area contributed by atoms with Crippen molar-refractivity contribution in [3.8, 4) is 0 Å². The molecule has 7 heteroatoms. The summed E-state index contributed by atoms with van der Waals surface area (Å²) in [6.45, 7) is 0. The summed E-state index contributed by atoms with van der Waals surface area (Å²) < 4.78 is 22.4. The summed E-state index contributed by atoms with van der Waals surface area (Å²) in [6, 6.07) is 3.50. The van der Waals surface area contributed by atoms with Crippen molar-refractivity contribution in [1.82, 2.24) is 0 Å². The molecule has 0 aliphatic carbocycles. The Labute approximate surface area is 97.2 Å². The molecule has 0 radical (unpaired) electrons. The molecule has 0 amide bonds. The van der Waals surface area contributed by atoms with Crippen LogP contribution in [0.3, 0.4) is 0 Å². The van der Waals surface area contributed by atoms with Gasteiger partial charge in [0.15, 0.2) is 15.9 Å². The van der Waals surface area contributed by atoms with Crippen molar-refractivity contribution in [1.29, 1.82) is 0 Å². The van der Waals surface area contributed by atoms with E-state index in [1.807, 2.05) is 0 Å². The van der Waals surface area contributed by atoms with Gasteiger partial charge in [0.1, 0.15) is 0 Å². The van der Waals surface area contributed by atoms with Crippen LogP contribution in [0.4, 0.5) is 0 Å². The van der Waals surface area contributed by atoms with Crippen molar-refractivity contribution in [2.45, 2.75) is 11.0 Å². The van der Waals surface area contributed by atoms with E-state index in [9.17, 15) is 18.3 Å². The SMILES string of the molecule is CS(=O)(=O)c1ccc(C(O)C(=O)O)cc1Cl. The van der Waals surface area contributed by atoms with Gasteiger partial charge in [-0.2, -0.15) is 0 Å². The lowest BCUT2D eigenvalue weighted by molar-refractivity contribution is -0.146. The Hall–Kier alpha value is -1.11. The molecule has 0 heterocycles. The molecule has 0 saturated heterocycles. The maximum absolute atomic E-state index is 11.2. The lowest BCUT2D eigenvalue weighted by Crippen LogP contribution is -2.10. The van der Waals surface area contributed by atoms with Crippen molar-refractivity contribution in [2.75, 3.05) is 6.26 Å². The number of aliphatic carboxylic acids is 1. The molecule has 0 fully saturated rings. The Balaban J connectivity index is 3.25. The van der Waals surface area contributed by atoms with Gasteiger partial charge in [0.2, 0.25) is 0 Å². The molecule has 1 unspecified atom stereocenters. The Kier molecular flexibility index (Phi) is 3.57. The molecule has 0 spiro atoms. The maximum Gasteiger partial charge on any atom is 0.337 e. The lowest BCUT2D eigenvalue weighted by atomic mass is 10.1. The average molecular weight is 265 g/mol. The molecule has 1 atom stereocenters. The van der Waals surface area contributed by atoms with Crippen LogP contribution in [0, 0.1) is 0 Å². The van der Waals surface area contributed by atoms with Crippen LogP contribution in [0.2, 0.25) is 5.02 Å². The Morgan fingerprint density at radius 1 is 1.44 bits per heavy atom. The van der Waals surface area contributed by atoms with Crippen molar-refractivity contribution in [2.24, 2.45) is 0 Å². The van der Waals surface area contributed by atoms with Crippen LogP contribution < -0.4 is 0 Å². The highest BCUT2D eigenvalue weighted by atomic mass is 35.5. The second-order valence-corrected chi connectivity index (χ2v) is 5.59. The molecule has 1 rings (SSSR count). The van der Waals surface area contributed by atoms with Crippen LogP contribution in [-0.2, 0) is 14.6 Å². The molecular formula is C9H9ClO5S. The number of carboxylic acid groups (broad SMARTS) is 1. The van der Waals surface area contributed by atoms with Gasteiger partial charge in [-0.3, -0.25) is 0 Å². The van der Waals surface area contributed by atoms with Crippen LogP contribution in [0.1, 0.15) is 11.7 Å². The molecular weight excluding hydrogens is 256 g/mol. The monoisotopic (exact) mass is 264 g/mol. The first kappa shape index (κ1) is 13.0. The van der Waals surface area contributed by atoms with Crippen LogP contribution >= 0.6 is 11.6 Å². The van der Waals surface area contributed by atoms with E-state index >= 15 is 0 Å². The van der Waals surface area contributed by atoms with Crippen molar-refractivity contribution in [3.63, 3.8) is 0 Å². The van der Waals surface area contributed by atoms with Gasteiger partial charge in [-0.25, -0.2) is 13.2 Å². The number of benzene rings is 1. The zero-order chi connectivity index (χ0) is 12.5. The second kappa shape index (κ2) is 4.40. The van der Waals surface area contributed by atoms with Crippen molar-refractivity contribution in [3.05, 3.63) is 28.8 Å². The topological polar surface area (TPSA) is 91.7 Å². The number of aliphatic hydroxyl groups is 1. The van der Waals surface area contributed by atoms with E-state index in [-0.39, 0.29) is 15.5 Å². The third-order valence-electron chi connectivity index (χ3n) is 1.91. The van der Waals surface area contributed by atoms with Gasteiger partial charge in [-0.05, 0) is 17.7 Å². The zero-order valence-corrected chi connectivity index (χ0v) is 9.79. The second-order valence-electron chi connectivity index (χ2n) is 3.20. The molecule has 16 heavy (non-hydrogen) atoms. The average Bonchev–Trinajstić information content (AvgIpc) is 2.14. The fourth-order valence-corrected chi connectivity index (χ4v) is 2.47. The highest BCUT2D eigenvalue weighted by Crippen LogP contribution is 2.25.